The summed E-state index contributed by atoms with van der Waals surface area (Å²) in [5, 5.41) is 3.52. The van der Waals surface area contributed by atoms with Gasteiger partial charge in [0, 0.05) is 36.3 Å². The summed E-state index contributed by atoms with van der Waals surface area (Å²) in [4.78, 5) is 30.8. The van der Waals surface area contributed by atoms with Gasteiger partial charge >= 0.3 is 0 Å². The van der Waals surface area contributed by atoms with E-state index in [0.29, 0.717) is 23.0 Å². The molecule has 2 aliphatic rings. The summed E-state index contributed by atoms with van der Waals surface area (Å²) < 4.78 is 5.45. The van der Waals surface area contributed by atoms with Crippen molar-refractivity contribution in [1.29, 1.82) is 0 Å². The fraction of sp³-hybridized carbons (Fsp3) is 0.409. The molecule has 0 bridgehead atoms. The van der Waals surface area contributed by atoms with Crippen molar-refractivity contribution in [2.45, 2.75) is 38.8 Å². The van der Waals surface area contributed by atoms with Crippen molar-refractivity contribution >= 4 is 23.3 Å². The average Bonchev–Trinajstić information content (AvgIpc) is 3.54. The summed E-state index contributed by atoms with van der Waals surface area (Å²) in [6.07, 6.45) is 3.94. The standard InChI is InChI=1S/C22H26N4O3/c1-12-19(25-22-18(29-3)5-4-10-24-22)16-11-15(21(23)28)8-9-17(16)26(13(2)27)20(12)14-6-7-14/h4-5,8-12,14,19-20H,6-7H2,1-3H3,(H2,23,28)(H,24,25)/t12-,19-,20-/m1/s1. The summed E-state index contributed by atoms with van der Waals surface area (Å²) in [6, 6.07) is 8.93. The Bertz CT molecular complexity index is 957. The number of aromatic nitrogens is 1. The van der Waals surface area contributed by atoms with E-state index in [9.17, 15) is 9.59 Å². The number of anilines is 2. The summed E-state index contributed by atoms with van der Waals surface area (Å²) in [7, 11) is 1.61. The van der Waals surface area contributed by atoms with E-state index in [-0.39, 0.29) is 23.9 Å². The first-order chi connectivity index (χ1) is 13.9. The second kappa shape index (κ2) is 7.39. The summed E-state index contributed by atoms with van der Waals surface area (Å²) in [6.45, 7) is 3.75. The lowest BCUT2D eigenvalue weighted by molar-refractivity contribution is -0.117. The van der Waals surface area contributed by atoms with Gasteiger partial charge in [0.05, 0.1) is 13.2 Å². The molecule has 1 aliphatic carbocycles. The van der Waals surface area contributed by atoms with E-state index < -0.39 is 5.91 Å². The first kappa shape index (κ1) is 19.2. The van der Waals surface area contributed by atoms with Crippen LogP contribution in [0.1, 0.15) is 48.7 Å². The van der Waals surface area contributed by atoms with Gasteiger partial charge in [0.2, 0.25) is 11.8 Å². The molecule has 0 spiro atoms. The van der Waals surface area contributed by atoms with E-state index in [4.69, 9.17) is 10.5 Å². The van der Waals surface area contributed by atoms with Crippen LogP contribution < -0.4 is 20.7 Å². The van der Waals surface area contributed by atoms with Crippen LogP contribution in [0.25, 0.3) is 0 Å². The van der Waals surface area contributed by atoms with Crippen molar-refractivity contribution in [3.63, 3.8) is 0 Å². The number of methoxy groups -OCH3 is 1. The SMILES string of the molecule is COc1cccnc1N[C@H]1c2cc(C(N)=O)ccc2N(C(C)=O)[C@@H](C2CC2)[C@@H]1C. The number of nitrogens with zero attached hydrogens (tertiary/aromatic N) is 2. The molecule has 1 saturated carbocycles. The fourth-order valence-corrected chi connectivity index (χ4v) is 4.53. The van der Waals surface area contributed by atoms with E-state index >= 15 is 0 Å². The third-order valence-corrected chi connectivity index (χ3v) is 6.00. The predicted octanol–water partition coefficient (Wildman–Crippen LogP) is 3.12. The molecule has 7 heteroatoms. The Kier molecular flexibility index (Phi) is 4.90. The van der Waals surface area contributed by atoms with Gasteiger partial charge in [-0.3, -0.25) is 9.59 Å². The first-order valence-electron chi connectivity index (χ1n) is 9.91. The van der Waals surface area contributed by atoms with E-state index in [1.807, 2.05) is 23.1 Å². The highest BCUT2D eigenvalue weighted by Crippen LogP contribution is 2.50. The van der Waals surface area contributed by atoms with Crippen LogP contribution in [0.15, 0.2) is 36.5 Å². The van der Waals surface area contributed by atoms with Crippen molar-refractivity contribution < 1.29 is 14.3 Å². The number of hydrogen-bond acceptors (Lipinski definition) is 5. The quantitative estimate of drug-likeness (QED) is 0.812. The third kappa shape index (κ3) is 3.41. The van der Waals surface area contributed by atoms with E-state index in [2.05, 4.69) is 17.2 Å². The number of carbonyl (C=O) groups is 2. The third-order valence-electron chi connectivity index (χ3n) is 6.00. The zero-order chi connectivity index (χ0) is 20.7. The van der Waals surface area contributed by atoms with Crippen molar-refractivity contribution in [3.8, 4) is 5.75 Å². The number of ether oxygens (including phenoxy) is 1. The maximum absolute atomic E-state index is 12.6. The largest absolute Gasteiger partial charge is 0.493 e. The molecule has 2 amide bonds. The molecule has 3 atom stereocenters. The molecule has 3 N–H and O–H groups in total. The second-order valence-electron chi connectivity index (χ2n) is 7.89. The molecular formula is C22H26N4O3. The molecule has 1 fully saturated rings. The Morgan fingerprint density at radius 3 is 2.66 bits per heavy atom. The van der Waals surface area contributed by atoms with E-state index in [1.165, 1.54) is 0 Å². The molecule has 0 saturated heterocycles. The minimum atomic E-state index is -0.492. The van der Waals surface area contributed by atoms with Crippen molar-refractivity contribution in [3.05, 3.63) is 47.7 Å². The molecule has 4 rings (SSSR count). The van der Waals surface area contributed by atoms with Gasteiger partial charge in [-0.1, -0.05) is 6.92 Å². The number of carbonyl (C=O) groups excluding carboxylic acids is 2. The van der Waals surface area contributed by atoms with Gasteiger partial charge in [0.1, 0.15) is 0 Å². The Morgan fingerprint density at radius 1 is 1.28 bits per heavy atom. The Labute approximate surface area is 170 Å². The predicted molar refractivity (Wildman–Crippen MR) is 111 cm³/mol. The highest BCUT2D eigenvalue weighted by atomic mass is 16.5. The smallest absolute Gasteiger partial charge is 0.248 e. The number of fused-ring (bicyclic) bond motifs is 1. The van der Waals surface area contributed by atoms with Crippen molar-refractivity contribution in [2.24, 2.45) is 17.6 Å². The number of benzene rings is 1. The normalized spacial score (nSPS) is 23.3. The van der Waals surface area contributed by atoms with Gasteiger partial charge in [-0.05, 0) is 54.7 Å². The molecule has 29 heavy (non-hydrogen) atoms. The lowest BCUT2D eigenvalue weighted by Gasteiger charge is -2.46. The van der Waals surface area contributed by atoms with Crippen LogP contribution in [0.4, 0.5) is 11.5 Å². The molecule has 1 aliphatic heterocycles. The molecule has 0 unspecified atom stereocenters. The number of hydrogen-bond donors (Lipinski definition) is 2. The first-order valence-corrected chi connectivity index (χ1v) is 9.91. The lowest BCUT2D eigenvalue weighted by atomic mass is 9.79. The molecule has 0 radical (unpaired) electrons. The number of amides is 2. The molecule has 1 aromatic carbocycles. The molecule has 2 heterocycles. The van der Waals surface area contributed by atoms with Gasteiger partial charge in [-0.15, -0.1) is 0 Å². The van der Waals surface area contributed by atoms with Crippen LogP contribution in [-0.4, -0.2) is 29.9 Å². The van der Waals surface area contributed by atoms with Gasteiger partial charge in [-0.2, -0.15) is 0 Å². The summed E-state index contributed by atoms with van der Waals surface area (Å²) in [5.74, 6) is 1.38. The Balaban J connectivity index is 1.84. The van der Waals surface area contributed by atoms with Crippen LogP contribution in [0.5, 0.6) is 5.75 Å². The number of pyridine rings is 1. The Hall–Kier alpha value is -3.09. The minimum Gasteiger partial charge on any atom is -0.493 e. The maximum atomic E-state index is 12.6. The maximum Gasteiger partial charge on any atom is 0.248 e. The van der Waals surface area contributed by atoms with Gasteiger partial charge < -0.3 is 20.7 Å². The van der Waals surface area contributed by atoms with Crippen LogP contribution >= 0.6 is 0 Å². The second-order valence-corrected chi connectivity index (χ2v) is 7.89. The van der Waals surface area contributed by atoms with E-state index in [0.717, 1.165) is 24.1 Å². The van der Waals surface area contributed by atoms with Crippen LogP contribution in [-0.2, 0) is 4.79 Å². The zero-order valence-corrected chi connectivity index (χ0v) is 16.9. The molecule has 152 valence electrons. The topological polar surface area (TPSA) is 97.6 Å². The molecule has 1 aromatic heterocycles. The van der Waals surface area contributed by atoms with Gasteiger partial charge in [0.15, 0.2) is 11.6 Å². The monoisotopic (exact) mass is 394 g/mol. The number of nitrogens with two attached hydrogens (primary N) is 1. The van der Waals surface area contributed by atoms with Crippen LogP contribution in [0.2, 0.25) is 0 Å². The number of rotatable bonds is 5. The minimum absolute atomic E-state index is 0.00990. The fourth-order valence-electron chi connectivity index (χ4n) is 4.53. The van der Waals surface area contributed by atoms with Gasteiger partial charge in [-0.25, -0.2) is 4.98 Å². The highest BCUT2D eigenvalue weighted by Gasteiger charge is 2.47. The number of nitrogens with one attached hydrogen (secondary N) is 1. The summed E-state index contributed by atoms with van der Waals surface area (Å²) >= 11 is 0. The lowest BCUT2D eigenvalue weighted by Crippen LogP contribution is -2.51. The molecular weight excluding hydrogens is 368 g/mol. The summed E-state index contributed by atoms with van der Waals surface area (Å²) in [5.41, 5.74) is 7.65. The van der Waals surface area contributed by atoms with Crippen molar-refractivity contribution in [1.82, 2.24) is 4.98 Å². The van der Waals surface area contributed by atoms with Gasteiger partial charge in [0.25, 0.3) is 0 Å². The molecule has 2 aromatic rings. The highest BCUT2D eigenvalue weighted by molar-refractivity contribution is 5.97. The van der Waals surface area contributed by atoms with Crippen LogP contribution in [0.3, 0.4) is 0 Å². The van der Waals surface area contributed by atoms with E-state index in [1.54, 1.807) is 32.4 Å². The molecule has 7 nitrogen and oxygen atoms in total. The Morgan fingerprint density at radius 2 is 2.03 bits per heavy atom. The van der Waals surface area contributed by atoms with Crippen LogP contribution in [0, 0.1) is 11.8 Å². The van der Waals surface area contributed by atoms with Crippen molar-refractivity contribution in [2.75, 3.05) is 17.3 Å². The average molecular weight is 394 g/mol. The zero-order valence-electron chi connectivity index (χ0n) is 16.9. The number of primary amides is 1.